The second kappa shape index (κ2) is 7.94. The summed E-state index contributed by atoms with van der Waals surface area (Å²) < 4.78 is 2.09. The van der Waals surface area contributed by atoms with Gasteiger partial charge in [-0.1, -0.05) is 23.9 Å². The highest BCUT2D eigenvalue weighted by molar-refractivity contribution is 8.01. The highest BCUT2D eigenvalue weighted by Crippen LogP contribution is 2.29. The second-order valence-corrected chi connectivity index (χ2v) is 8.89. The van der Waals surface area contributed by atoms with Crippen molar-refractivity contribution in [2.24, 2.45) is 0 Å². The van der Waals surface area contributed by atoms with Crippen molar-refractivity contribution >= 4 is 45.1 Å². The fraction of sp³-hybridized carbons (Fsp3) is 0.500. The van der Waals surface area contributed by atoms with Crippen LogP contribution < -0.4 is 5.32 Å². The van der Waals surface area contributed by atoms with Crippen molar-refractivity contribution in [3.05, 3.63) is 24.3 Å². The smallest absolute Gasteiger partial charge is 0.236 e. The molecule has 1 aromatic carbocycles. The molecule has 0 radical (unpaired) electrons. The molecule has 8 heteroatoms. The summed E-state index contributed by atoms with van der Waals surface area (Å²) in [7, 11) is 0. The van der Waals surface area contributed by atoms with Crippen molar-refractivity contribution in [1.29, 1.82) is 0 Å². The van der Waals surface area contributed by atoms with Crippen LogP contribution in [0.4, 0.5) is 0 Å². The number of piperazine rings is 1. The molecule has 1 N–H and O–H groups in total. The normalized spacial score (nSPS) is 21.4. The van der Waals surface area contributed by atoms with Gasteiger partial charge in [0.2, 0.25) is 11.8 Å². The summed E-state index contributed by atoms with van der Waals surface area (Å²) in [6.07, 6.45) is 1.94. The third-order valence-electron chi connectivity index (χ3n) is 4.91. The molecule has 3 heterocycles. The Labute approximate surface area is 160 Å². The minimum atomic E-state index is 0.140. The third kappa shape index (κ3) is 3.87. The molecule has 2 aromatic rings. The number of para-hydroxylation sites is 1. The number of piperidine rings is 1. The number of thioether (sulfide) groups is 1. The number of rotatable bonds is 4. The Bertz CT molecular complexity index is 776. The quantitative estimate of drug-likeness (QED) is 0.807. The Hall–Kier alpha value is -1.64. The van der Waals surface area contributed by atoms with Gasteiger partial charge in [0.1, 0.15) is 0 Å². The monoisotopic (exact) mass is 390 g/mol. The van der Waals surface area contributed by atoms with Crippen LogP contribution in [-0.4, -0.2) is 71.1 Å². The van der Waals surface area contributed by atoms with Gasteiger partial charge < -0.3 is 15.1 Å². The van der Waals surface area contributed by atoms with Crippen LogP contribution in [0.1, 0.15) is 12.8 Å². The van der Waals surface area contributed by atoms with Gasteiger partial charge in [-0.3, -0.25) is 9.59 Å². The fourth-order valence-electron chi connectivity index (χ4n) is 3.57. The Balaban J connectivity index is 1.34. The van der Waals surface area contributed by atoms with Gasteiger partial charge in [0.25, 0.3) is 0 Å². The number of nitrogens with zero attached hydrogens (tertiary/aromatic N) is 3. The predicted octanol–water partition coefficient (Wildman–Crippen LogP) is 1.81. The highest BCUT2D eigenvalue weighted by Gasteiger charge is 2.31. The van der Waals surface area contributed by atoms with Gasteiger partial charge >= 0.3 is 0 Å². The number of amides is 2. The van der Waals surface area contributed by atoms with Gasteiger partial charge in [0.15, 0.2) is 4.34 Å². The van der Waals surface area contributed by atoms with Crippen LogP contribution in [0.25, 0.3) is 10.2 Å². The molecular formula is C18H22N4O2S2. The molecular weight excluding hydrogens is 368 g/mol. The lowest BCUT2D eigenvalue weighted by Crippen LogP contribution is -2.57. The van der Waals surface area contributed by atoms with Crippen LogP contribution in [0, 0.1) is 0 Å². The number of thiazole rings is 1. The topological polar surface area (TPSA) is 65.5 Å². The number of hydrogen-bond acceptors (Lipinski definition) is 6. The standard InChI is InChI=1S/C18H22N4O2S2/c23-16-10-19-7-9-22(16)13-4-3-8-21(11-13)17(24)12-25-18-20-14-5-1-2-6-15(14)26-18/h1-2,5-6,13,19H,3-4,7-12H2. The first-order chi connectivity index (χ1) is 12.7. The summed E-state index contributed by atoms with van der Waals surface area (Å²) in [5.41, 5.74) is 0.989. The number of carbonyl (C=O) groups excluding carboxylic acids is 2. The van der Waals surface area contributed by atoms with Crippen molar-refractivity contribution < 1.29 is 9.59 Å². The summed E-state index contributed by atoms with van der Waals surface area (Å²) in [5.74, 6) is 0.697. The third-order valence-corrected chi connectivity index (χ3v) is 7.07. The predicted molar refractivity (Wildman–Crippen MR) is 105 cm³/mol. The maximum Gasteiger partial charge on any atom is 0.236 e. The summed E-state index contributed by atoms with van der Waals surface area (Å²) in [5, 5.41) is 3.11. The minimum absolute atomic E-state index is 0.140. The van der Waals surface area contributed by atoms with E-state index in [1.165, 1.54) is 11.8 Å². The van der Waals surface area contributed by atoms with Gasteiger partial charge in [-0.05, 0) is 25.0 Å². The van der Waals surface area contributed by atoms with E-state index in [1.54, 1.807) is 11.3 Å². The maximum absolute atomic E-state index is 12.7. The van der Waals surface area contributed by atoms with Crippen LogP contribution in [-0.2, 0) is 9.59 Å². The van der Waals surface area contributed by atoms with E-state index in [2.05, 4.69) is 16.4 Å². The van der Waals surface area contributed by atoms with E-state index in [4.69, 9.17) is 0 Å². The molecule has 138 valence electrons. The molecule has 0 saturated carbocycles. The summed E-state index contributed by atoms with van der Waals surface area (Å²) in [6, 6.07) is 8.20. The molecule has 0 aliphatic carbocycles. The van der Waals surface area contributed by atoms with E-state index in [0.717, 1.165) is 47.0 Å². The molecule has 1 aromatic heterocycles. The lowest BCUT2D eigenvalue weighted by atomic mass is 10.0. The number of hydrogen-bond donors (Lipinski definition) is 1. The molecule has 1 unspecified atom stereocenters. The van der Waals surface area contributed by atoms with Crippen molar-refractivity contribution in [1.82, 2.24) is 20.1 Å². The van der Waals surface area contributed by atoms with Gasteiger partial charge in [-0.25, -0.2) is 4.98 Å². The molecule has 2 aliphatic rings. The molecule has 2 aliphatic heterocycles. The van der Waals surface area contributed by atoms with E-state index in [0.29, 0.717) is 18.8 Å². The molecule has 0 bridgehead atoms. The average Bonchev–Trinajstić information content (AvgIpc) is 3.09. The number of benzene rings is 1. The van der Waals surface area contributed by atoms with Crippen LogP contribution >= 0.6 is 23.1 Å². The molecule has 2 saturated heterocycles. The van der Waals surface area contributed by atoms with Crippen LogP contribution in [0.3, 0.4) is 0 Å². The zero-order chi connectivity index (χ0) is 17.9. The zero-order valence-corrected chi connectivity index (χ0v) is 16.2. The number of nitrogens with one attached hydrogen (secondary N) is 1. The number of aromatic nitrogens is 1. The maximum atomic E-state index is 12.7. The Morgan fingerprint density at radius 3 is 3.08 bits per heavy atom. The van der Waals surface area contributed by atoms with Gasteiger partial charge in [0, 0.05) is 32.2 Å². The molecule has 6 nitrogen and oxygen atoms in total. The first-order valence-corrected chi connectivity index (χ1v) is 10.8. The average molecular weight is 391 g/mol. The van der Waals surface area contributed by atoms with Gasteiger partial charge in [0.05, 0.1) is 22.5 Å². The Morgan fingerprint density at radius 1 is 1.35 bits per heavy atom. The summed E-state index contributed by atoms with van der Waals surface area (Å²) in [6.45, 7) is 3.44. The molecule has 26 heavy (non-hydrogen) atoms. The number of fused-ring (bicyclic) bond motifs is 1. The van der Waals surface area contributed by atoms with E-state index >= 15 is 0 Å². The lowest BCUT2D eigenvalue weighted by molar-refractivity contribution is -0.139. The van der Waals surface area contributed by atoms with Crippen LogP contribution in [0.15, 0.2) is 28.6 Å². The largest absolute Gasteiger partial charge is 0.340 e. The molecule has 1 atom stereocenters. The SMILES string of the molecule is O=C(CSc1nc2ccccc2s1)N1CCCC(N2CCNCC2=O)C1. The van der Waals surface area contributed by atoms with Gasteiger partial charge in [-0.2, -0.15) is 0 Å². The Kier molecular flexibility index (Phi) is 5.42. The van der Waals surface area contributed by atoms with E-state index in [9.17, 15) is 9.59 Å². The number of carbonyl (C=O) groups is 2. The lowest BCUT2D eigenvalue weighted by Gasteiger charge is -2.41. The highest BCUT2D eigenvalue weighted by atomic mass is 32.2. The summed E-state index contributed by atoms with van der Waals surface area (Å²) in [4.78, 5) is 33.2. The number of likely N-dealkylation sites (tertiary alicyclic amines) is 1. The van der Waals surface area contributed by atoms with Crippen LogP contribution in [0.5, 0.6) is 0 Å². The minimum Gasteiger partial charge on any atom is -0.340 e. The van der Waals surface area contributed by atoms with E-state index in [1.807, 2.05) is 28.0 Å². The van der Waals surface area contributed by atoms with Crippen molar-refractivity contribution in [2.75, 3.05) is 38.5 Å². The first kappa shape index (κ1) is 17.8. The van der Waals surface area contributed by atoms with Crippen LogP contribution in [0.2, 0.25) is 0 Å². The summed E-state index contributed by atoms with van der Waals surface area (Å²) >= 11 is 3.14. The van der Waals surface area contributed by atoms with Crippen molar-refractivity contribution in [3.63, 3.8) is 0 Å². The molecule has 0 spiro atoms. The second-order valence-electron chi connectivity index (χ2n) is 6.64. The van der Waals surface area contributed by atoms with Gasteiger partial charge in [-0.15, -0.1) is 11.3 Å². The van der Waals surface area contributed by atoms with Crippen molar-refractivity contribution in [3.8, 4) is 0 Å². The van der Waals surface area contributed by atoms with Crippen molar-refractivity contribution in [2.45, 2.75) is 23.2 Å². The Morgan fingerprint density at radius 2 is 2.23 bits per heavy atom. The first-order valence-electron chi connectivity index (χ1n) is 8.97. The fourth-order valence-corrected chi connectivity index (χ4v) is 5.54. The molecule has 4 rings (SSSR count). The molecule has 2 amide bonds. The molecule has 2 fully saturated rings. The van der Waals surface area contributed by atoms with E-state index in [-0.39, 0.29) is 17.9 Å². The zero-order valence-electron chi connectivity index (χ0n) is 14.5. The van der Waals surface area contributed by atoms with E-state index < -0.39 is 0 Å².